The van der Waals surface area contributed by atoms with Gasteiger partial charge < -0.3 is 11.5 Å². The maximum atomic E-state index is 6.25. The lowest BCUT2D eigenvalue weighted by molar-refractivity contribution is 0.892. The molecule has 24 heavy (non-hydrogen) atoms. The number of aromatic nitrogens is 5. The molecule has 0 aliphatic heterocycles. The summed E-state index contributed by atoms with van der Waals surface area (Å²) in [5.41, 5.74) is 15.6. The predicted octanol–water partition coefficient (Wildman–Crippen LogP) is 3.04. The van der Waals surface area contributed by atoms with Gasteiger partial charge in [0.2, 0.25) is 0 Å². The number of nitrogen functional groups attached to an aromatic ring is 2. The molecule has 0 fully saturated rings. The molecule has 0 aliphatic rings. The molecule has 1 aromatic carbocycles. The summed E-state index contributed by atoms with van der Waals surface area (Å²) in [6, 6.07) is 7.48. The summed E-state index contributed by atoms with van der Waals surface area (Å²) < 4.78 is 1.58. The van der Waals surface area contributed by atoms with Crippen molar-refractivity contribution in [3.05, 3.63) is 40.4 Å². The number of nitrogens with zero attached hydrogens (tertiary/aromatic N) is 5. The zero-order valence-corrected chi connectivity index (χ0v) is 14.1. The summed E-state index contributed by atoms with van der Waals surface area (Å²) in [6.07, 6.45) is 0. The molecule has 0 unspecified atom stereocenters. The molecular formula is C15H12ClN7S. The molecule has 9 heteroatoms. The number of benzene rings is 1. The Bertz CT molecular complexity index is 1050. The highest BCUT2D eigenvalue weighted by atomic mass is 35.5. The molecule has 0 bridgehead atoms. The molecule has 7 nitrogen and oxygen atoms in total. The van der Waals surface area contributed by atoms with Crippen molar-refractivity contribution in [3.63, 3.8) is 0 Å². The Morgan fingerprint density at radius 2 is 1.88 bits per heavy atom. The topological polar surface area (TPSA) is 108 Å². The average molecular weight is 358 g/mol. The van der Waals surface area contributed by atoms with E-state index in [9.17, 15) is 0 Å². The number of aryl methyl sites for hydroxylation is 1. The normalized spacial score (nSPS) is 11.2. The Labute approximate surface area is 145 Å². The molecule has 0 radical (unpaired) electrons. The molecule has 4 N–H and O–H groups in total. The van der Waals surface area contributed by atoms with Crippen molar-refractivity contribution in [1.29, 1.82) is 0 Å². The van der Waals surface area contributed by atoms with Crippen LogP contribution in [0.5, 0.6) is 0 Å². The van der Waals surface area contributed by atoms with E-state index in [1.54, 1.807) is 9.90 Å². The van der Waals surface area contributed by atoms with Crippen LogP contribution in [0.2, 0.25) is 5.02 Å². The number of hydrogen-bond acceptors (Lipinski definition) is 7. The van der Waals surface area contributed by atoms with Crippen LogP contribution in [0.1, 0.15) is 5.69 Å². The number of nitrogens with two attached hydrogens (primary N) is 2. The van der Waals surface area contributed by atoms with E-state index in [0.717, 1.165) is 16.8 Å². The Morgan fingerprint density at radius 3 is 2.54 bits per heavy atom. The van der Waals surface area contributed by atoms with Crippen LogP contribution in [-0.4, -0.2) is 24.8 Å². The van der Waals surface area contributed by atoms with Gasteiger partial charge in [-0.05, 0) is 24.6 Å². The lowest BCUT2D eigenvalue weighted by Gasteiger charge is -2.04. The van der Waals surface area contributed by atoms with Gasteiger partial charge in [-0.15, -0.1) is 21.5 Å². The summed E-state index contributed by atoms with van der Waals surface area (Å²) in [7, 11) is 0. The van der Waals surface area contributed by atoms with Gasteiger partial charge in [0.25, 0.3) is 0 Å². The van der Waals surface area contributed by atoms with Crippen molar-refractivity contribution in [1.82, 2.24) is 24.8 Å². The van der Waals surface area contributed by atoms with Crippen molar-refractivity contribution in [3.8, 4) is 21.8 Å². The first-order chi connectivity index (χ1) is 11.5. The second-order valence-corrected chi connectivity index (χ2v) is 6.51. The van der Waals surface area contributed by atoms with Crippen molar-refractivity contribution in [2.45, 2.75) is 6.92 Å². The van der Waals surface area contributed by atoms with Gasteiger partial charge in [-0.25, -0.2) is 4.98 Å². The first kappa shape index (κ1) is 14.9. The van der Waals surface area contributed by atoms with E-state index >= 15 is 0 Å². The second-order valence-electron chi connectivity index (χ2n) is 5.21. The summed E-state index contributed by atoms with van der Waals surface area (Å²) >= 11 is 7.32. The van der Waals surface area contributed by atoms with E-state index in [1.807, 2.05) is 31.2 Å². The monoisotopic (exact) mass is 357 g/mol. The molecule has 120 valence electrons. The number of anilines is 2. The Morgan fingerprint density at radius 1 is 1.12 bits per heavy atom. The Kier molecular flexibility index (Phi) is 3.36. The van der Waals surface area contributed by atoms with E-state index in [-0.39, 0.29) is 0 Å². The summed E-state index contributed by atoms with van der Waals surface area (Å²) in [4.78, 5) is 4.20. The molecule has 0 atom stereocenters. The van der Waals surface area contributed by atoms with Crippen LogP contribution in [0.3, 0.4) is 0 Å². The third-order valence-corrected chi connectivity index (χ3v) is 4.73. The first-order valence-electron chi connectivity index (χ1n) is 7.03. The fourth-order valence-electron chi connectivity index (χ4n) is 2.53. The number of fused-ring (bicyclic) bond motifs is 1. The molecule has 0 amide bonds. The van der Waals surface area contributed by atoms with Crippen molar-refractivity contribution >= 4 is 40.2 Å². The van der Waals surface area contributed by atoms with Crippen LogP contribution in [0.4, 0.5) is 11.6 Å². The summed E-state index contributed by atoms with van der Waals surface area (Å²) in [5, 5.41) is 16.1. The maximum Gasteiger partial charge on any atom is 0.187 e. The summed E-state index contributed by atoms with van der Waals surface area (Å²) in [5.74, 6) is 0.799. The van der Waals surface area contributed by atoms with Gasteiger partial charge in [0.05, 0.1) is 11.3 Å². The average Bonchev–Trinajstić information content (AvgIpc) is 3.12. The van der Waals surface area contributed by atoms with E-state index in [4.69, 9.17) is 23.1 Å². The molecule has 0 saturated heterocycles. The molecular weight excluding hydrogens is 346 g/mol. The van der Waals surface area contributed by atoms with Gasteiger partial charge in [-0.1, -0.05) is 23.7 Å². The maximum absolute atomic E-state index is 6.25. The third kappa shape index (κ3) is 2.27. The molecule has 3 aromatic heterocycles. The van der Waals surface area contributed by atoms with Gasteiger partial charge in [-0.3, -0.25) is 0 Å². The number of halogens is 1. The fourth-order valence-corrected chi connectivity index (χ4v) is 3.35. The fraction of sp³-hybridized carbons (Fsp3) is 0.0667. The quantitative estimate of drug-likeness (QED) is 0.570. The number of hydrogen-bond donors (Lipinski definition) is 2. The SMILES string of the molecule is Cc1nn2c(N)c(-c3nc(N)cs3)nnc2c1-c1ccc(Cl)cc1. The number of rotatable bonds is 2. The van der Waals surface area contributed by atoms with Crippen molar-refractivity contribution < 1.29 is 0 Å². The molecule has 4 rings (SSSR count). The van der Waals surface area contributed by atoms with Gasteiger partial charge in [-0.2, -0.15) is 9.61 Å². The smallest absolute Gasteiger partial charge is 0.187 e. The minimum absolute atomic E-state index is 0.373. The zero-order chi connectivity index (χ0) is 16.8. The van der Waals surface area contributed by atoms with Crippen LogP contribution in [-0.2, 0) is 0 Å². The highest BCUT2D eigenvalue weighted by Gasteiger charge is 2.19. The lowest BCUT2D eigenvalue weighted by Crippen LogP contribution is -2.05. The van der Waals surface area contributed by atoms with Crippen LogP contribution in [0.25, 0.3) is 27.5 Å². The molecule has 0 saturated carbocycles. The van der Waals surface area contributed by atoms with E-state index in [0.29, 0.717) is 33.0 Å². The van der Waals surface area contributed by atoms with Crippen molar-refractivity contribution in [2.75, 3.05) is 11.5 Å². The standard InChI is InChI=1S/C15H12ClN7S/c1-7-11(8-2-4-9(16)5-3-8)14-21-20-12(13(18)23(14)22-7)15-19-10(17)6-24-15/h2-6H,17-18H2,1H3. The largest absolute Gasteiger partial charge is 0.383 e. The van der Waals surface area contributed by atoms with Gasteiger partial charge in [0.1, 0.15) is 10.8 Å². The Balaban J connectivity index is 1.94. The van der Waals surface area contributed by atoms with Crippen LogP contribution in [0.15, 0.2) is 29.6 Å². The minimum atomic E-state index is 0.373. The highest BCUT2D eigenvalue weighted by Crippen LogP contribution is 2.32. The van der Waals surface area contributed by atoms with E-state index < -0.39 is 0 Å². The molecule has 4 aromatic rings. The molecule has 0 spiro atoms. The lowest BCUT2D eigenvalue weighted by atomic mass is 10.1. The van der Waals surface area contributed by atoms with E-state index in [1.165, 1.54) is 11.3 Å². The Hall–Kier alpha value is -2.71. The summed E-state index contributed by atoms with van der Waals surface area (Å²) in [6.45, 7) is 1.90. The number of thiazole rings is 1. The first-order valence-corrected chi connectivity index (χ1v) is 8.29. The van der Waals surface area contributed by atoms with E-state index in [2.05, 4.69) is 20.3 Å². The van der Waals surface area contributed by atoms with Crippen LogP contribution < -0.4 is 11.5 Å². The predicted molar refractivity (Wildman–Crippen MR) is 95.9 cm³/mol. The third-order valence-electron chi connectivity index (χ3n) is 3.61. The second kappa shape index (κ2) is 5.43. The molecule has 0 aliphatic carbocycles. The molecule has 3 heterocycles. The van der Waals surface area contributed by atoms with Gasteiger partial charge >= 0.3 is 0 Å². The van der Waals surface area contributed by atoms with Crippen LogP contribution >= 0.6 is 22.9 Å². The van der Waals surface area contributed by atoms with Crippen molar-refractivity contribution in [2.24, 2.45) is 0 Å². The van der Waals surface area contributed by atoms with Gasteiger partial charge in [0, 0.05) is 10.4 Å². The van der Waals surface area contributed by atoms with Crippen LogP contribution in [0, 0.1) is 6.92 Å². The minimum Gasteiger partial charge on any atom is -0.383 e. The highest BCUT2D eigenvalue weighted by molar-refractivity contribution is 7.13. The van der Waals surface area contributed by atoms with Gasteiger partial charge in [0.15, 0.2) is 17.2 Å². The zero-order valence-electron chi connectivity index (χ0n) is 12.6.